The second kappa shape index (κ2) is 19.7. The van der Waals surface area contributed by atoms with Crippen LogP contribution in [-0.4, -0.2) is 0 Å². The first-order valence-electron chi connectivity index (χ1n) is 24.1. The SMILES string of the molecule is Cc1cc(C)cc(-c2cccc(-c3ccc(N(c4ccc(-c5ccccc5)cc4)c4ccc(-c5ccc(N(c6ccc(-c7ccccc7)cc6)c6ccc(-c7ccccc7)cc6)cc5)cc4)cc3)c2)c1. The Morgan fingerprint density at radius 1 is 0.171 bits per heavy atom. The molecule has 0 fully saturated rings. The van der Waals surface area contributed by atoms with Crippen LogP contribution >= 0.6 is 0 Å². The maximum Gasteiger partial charge on any atom is 0.0462 e. The highest BCUT2D eigenvalue weighted by Gasteiger charge is 2.17. The molecule has 11 rings (SSSR count). The van der Waals surface area contributed by atoms with Crippen molar-refractivity contribution in [2.24, 2.45) is 0 Å². The molecule has 0 heterocycles. The van der Waals surface area contributed by atoms with Gasteiger partial charge < -0.3 is 9.80 Å². The summed E-state index contributed by atoms with van der Waals surface area (Å²) < 4.78 is 0. The molecule has 334 valence electrons. The summed E-state index contributed by atoms with van der Waals surface area (Å²) in [5.74, 6) is 0. The quantitative estimate of drug-likeness (QED) is 0.121. The highest BCUT2D eigenvalue weighted by atomic mass is 15.1. The van der Waals surface area contributed by atoms with Crippen LogP contribution in [0.3, 0.4) is 0 Å². The maximum atomic E-state index is 2.35. The summed E-state index contributed by atoms with van der Waals surface area (Å²) in [4.78, 5) is 4.69. The van der Waals surface area contributed by atoms with Gasteiger partial charge in [-0.15, -0.1) is 0 Å². The van der Waals surface area contributed by atoms with Gasteiger partial charge in [0.1, 0.15) is 0 Å². The third-order valence-electron chi connectivity index (χ3n) is 13.2. The lowest BCUT2D eigenvalue weighted by Crippen LogP contribution is -2.10. The monoisotopic (exact) mass is 896 g/mol. The summed E-state index contributed by atoms with van der Waals surface area (Å²) >= 11 is 0. The Balaban J connectivity index is 0.900. The fraction of sp³-hybridized carbons (Fsp3) is 0.0294. The van der Waals surface area contributed by atoms with Gasteiger partial charge >= 0.3 is 0 Å². The molecule has 0 bridgehead atoms. The van der Waals surface area contributed by atoms with E-state index in [1.54, 1.807) is 0 Å². The number of hydrogen-bond donors (Lipinski definition) is 0. The summed E-state index contributed by atoms with van der Waals surface area (Å²) in [7, 11) is 0. The molecule has 0 spiro atoms. The van der Waals surface area contributed by atoms with E-state index in [2.05, 4.69) is 303 Å². The molecular formula is C68H52N2. The van der Waals surface area contributed by atoms with Crippen molar-refractivity contribution in [1.29, 1.82) is 0 Å². The smallest absolute Gasteiger partial charge is 0.0462 e. The molecule has 2 heteroatoms. The highest BCUT2D eigenvalue weighted by Crippen LogP contribution is 2.41. The molecule has 0 saturated carbocycles. The lowest BCUT2D eigenvalue weighted by Gasteiger charge is -2.27. The maximum absolute atomic E-state index is 2.35. The van der Waals surface area contributed by atoms with E-state index in [1.165, 1.54) is 66.8 Å². The first-order chi connectivity index (χ1) is 34.5. The van der Waals surface area contributed by atoms with E-state index in [9.17, 15) is 0 Å². The molecule has 0 aliphatic carbocycles. The summed E-state index contributed by atoms with van der Waals surface area (Å²) in [5.41, 5.74) is 23.4. The number of rotatable bonds is 12. The molecule has 0 unspecified atom stereocenters. The molecule has 2 nitrogen and oxygen atoms in total. The van der Waals surface area contributed by atoms with Crippen LogP contribution in [0.25, 0.3) is 66.8 Å². The van der Waals surface area contributed by atoms with E-state index in [0.717, 1.165) is 45.3 Å². The molecule has 0 saturated heterocycles. The second-order valence-corrected chi connectivity index (χ2v) is 18.0. The summed E-state index contributed by atoms with van der Waals surface area (Å²) in [5, 5.41) is 0. The number of anilines is 6. The molecule has 0 amide bonds. The minimum absolute atomic E-state index is 1.08. The van der Waals surface area contributed by atoms with E-state index in [0.29, 0.717) is 0 Å². The standard InChI is InChI=1S/C68H52N2/c1-49-45-50(2)47-62(46-49)61-20-12-19-60(48-61)59-31-43-68(44-32-59)70(65-37-25-56(26-38-65)53-17-10-5-11-18-53)67-41-29-58(30-42-67)57-27-39-66(40-28-57)69(63-33-21-54(22-34-63)51-13-6-3-7-14-51)64-35-23-55(24-36-64)52-15-8-4-9-16-52/h3-48H,1-2H3. The van der Waals surface area contributed by atoms with Crippen LogP contribution in [0.2, 0.25) is 0 Å². The van der Waals surface area contributed by atoms with Gasteiger partial charge in [0, 0.05) is 34.1 Å². The number of hydrogen-bond acceptors (Lipinski definition) is 2. The number of nitrogens with zero attached hydrogens (tertiary/aromatic N) is 2. The first kappa shape index (κ1) is 43.6. The zero-order chi connectivity index (χ0) is 47.2. The Morgan fingerprint density at radius 3 is 0.657 bits per heavy atom. The number of aryl methyl sites for hydroxylation is 2. The van der Waals surface area contributed by atoms with Crippen molar-refractivity contribution in [1.82, 2.24) is 0 Å². The van der Waals surface area contributed by atoms with Crippen LogP contribution in [0.4, 0.5) is 34.1 Å². The molecule has 0 aliphatic rings. The van der Waals surface area contributed by atoms with E-state index in [-0.39, 0.29) is 0 Å². The minimum atomic E-state index is 1.08. The van der Waals surface area contributed by atoms with Crippen molar-refractivity contribution in [3.8, 4) is 66.8 Å². The molecule has 70 heavy (non-hydrogen) atoms. The van der Waals surface area contributed by atoms with Gasteiger partial charge in [-0.3, -0.25) is 0 Å². The van der Waals surface area contributed by atoms with Crippen molar-refractivity contribution in [2.45, 2.75) is 13.8 Å². The lowest BCUT2D eigenvalue weighted by atomic mass is 9.96. The van der Waals surface area contributed by atoms with Gasteiger partial charge in [-0.2, -0.15) is 0 Å². The van der Waals surface area contributed by atoms with Crippen molar-refractivity contribution < 1.29 is 0 Å². The van der Waals surface area contributed by atoms with Gasteiger partial charge in [0.05, 0.1) is 0 Å². The molecule has 0 aliphatic heterocycles. The molecular weight excluding hydrogens is 845 g/mol. The highest BCUT2D eigenvalue weighted by molar-refractivity contribution is 5.84. The fourth-order valence-corrected chi connectivity index (χ4v) is 9.62. The molecule has 11 aromatic rings. The lowest BCUT2D eigenvalue weighted by molar-refractivity contribution is 1.28. The molecule has 0 N–H and O–H groups in total. The predicted octanol–water partition coefficient (Wildman–Crippen LogP) is 19.2. The van der Waals surface area contributed by atoms with Gasteiger partial charge in [0.15, 0.2) is 0 Å². The Kier molecular flexibility index (Phi) is 12.3. The summed E-state index contributed by atoms with van der Waals surface area (Å²) in [6.07, 6.45) is 0. The van der Waals surface area contributed by atoms with Gasteiger partial charge in [-0.1, -0.05) is 211 Å². The minimum Gasteiger partial charge on any atom is -0.311 e. The largest absolute Gasteiger partial charge is 0.311 e. The number of benzene rings is 11. The van der Waals surface area contributed by atoms with Gasteiger partial charge in [-0.25, -0.2) is 0 Å². The first-order valence-corrected chi connectivity index (χ1v) is 24.1. The Labute approximate surface area is 412 Å². The van der Waals surface area contributed by atoms with Crippen LogP contribution in [0.5, 0.6) is 0 Å². The zero-order valence-corrected chi connectivity index (χ0v) is 39.5. The van der Waals surface area contributed by atoms with Crippen molar-refractivity contribution in [3.63, 3.8) is 0 Å². The van der Waals surface area contributed by atoms with Gasteiger partial charge in [0.2, 0.25) is 0 Å². The van der Waals surface area contributed by atoms with E-state index < -0.39 is 0 Å². The molecule has 0 aromatic heterocycles. The van der Waals surface area contributed by atoms with Crippen LogP contribution < -0.4 is 9.80 Å². The third-order valence-corrected chi connectivity index (χ3v) is 13.2. The molecule has 0 radical (unpaired) electrons. The van der Waals surface area contributed by atoms with E-state index in [1.807, 2.05) is 0 Å². The molecule has 0 atom stereocenters. The normalized spacial score (nSPS) is 11.0. The Bertz CT molecular complexity index is 3370. The van der Waals surface area contributed by atoms with Crippen molar-refractivity contribution in [2.75, 3.05) is 9.80 Å². The van der Waals surface area contributed by atoms with Crippen molar-refractivity contribution in [3.05, 3.63) is 290 Å². The molecule has 11 aromatic carbocycles. The van der Waals surface area contributed by atoms with Crippen LogP contribution in [0.1, 0.15) is 11.1 Å². The summed E-state index contributed by atoms with van der Waals surface area (Å²) in [6, 6.07) is 101. The van der Waals surface area contributed by atoms with Gasteiger partial charge in [-0.05, 0) is 159 Å². The van der Waals surface area contributed by atoms with Crippen LogP contribution in [0.15, 0.2) is 279 Å². The summed E-state index contributed by atoms with van der Waals surface area (Å²) in [6.45, 7) is 4.33. The Hall–Kier alpha value is -8.98. The fourth-order valence-electron chi connectivity index (χ4n) is 9.62. The topological polar surface area (TPSA) is 6.48 Å². The van der Waals surface area contributed by atoms with Gasteiger partial charge in [0.25, 0.3) is 0 Å². The Morgan fingerprint density at radius 2 is 0.386 bits per heavy atom. The van der Waals surface area contributed by atoms with Crippen molar-refractivity contribution >= 4 is 34.1 Å². The predicted molar refractivity (Wildman–Crippen MR) is 298 cm³/mol. The second-order valence-electron chi connectivity index (χ2n) is 18.0. The van der Waals surface area contributed by atoms with Crippen LogP contribution in [-0.2, 0) is 0 Å². The third kappa shape index (κ3) is 9.45. The van der Waals surface area contributed by atoms with Crippen LogP contribution in [0, 0.1) is 13.8 Å². The average Bonchev–Trinajstić information content (AvgIpc) is 3.43. The average molecular weight is 897 g/mol. The van der Waals surface area contributed by atoms with E-state index >= 15 is 0 Å². The zero-order valence-electron chi connectivity index (χ0n) is 39.5. The van der Waals surface area contributed by atoms with E-state index in [4.69, 9.17) is 0 Å².